The minimum Gasteiger partial charge on any atom is -0.389 e. The van der Waals surface area contributed by atoms with Crippen LogP contribution in [0.3, 0.4) is 0 Å². The van der Waals surface area contributed by atoms with Crippen molar-refractivity contribution in [2.75, 3.05) is 25.1 Å². The highest BCUT2D eigenvalue weighted by atomic mass is 16.5. The van der Waals surface area contributed by atoms with E-state index < -0.39 is 6.10 Å². The van der Waals surface area contributed by atoms with Crippen molar-refractivity contribution in [3.05, 3.63) is 30.3 Å². The Labute approximate surface area is 141 Å². The summed E-state index contributed by atoms with van der Waals surface area (Å²) >= 11 is 0. The molecule has 3 nitrogen and oxygen atoms in total. The molecule has 0 radical (unpaired) electrons. The topological polar surface area (TPSA) is 32.7 Å². The number of ether oxygens (including phenoxy) is 1. The van der Waals surface area contributed by atoms with Gasteiger partial charge < -0.3 is 14.7 Å². The molecule has 3 heteroatoms. The van der Waals surface area contributed by atoms with Gasteiger partial charge in [0, 0.05) is 19.3 Å². The molecule has 1 atom stereocenters. The number of nitrogens with zero attached hydrogens (tertiary/aromatic N) is 1. The smallest absolute Gasteiger partial charge is 0.0948 e. The summed E-state index contributed by atoms with van der Waals surface area (Å²) in [6.07, 6.45) is 4.63. The molecule has 1 fully saturated rings. The minimum atomic E-state index is -0.444. The first-order valence-corrected chi connectivity index (χ1v) is 8.92. The Morgan fingerprint density at radius 3 is 2.30 bits per heavy atom. The van der Waals surface area contributed by atoms with Crippen LogP contribution >= 0.6 is 0 Å². The molecule has 0 bridgehead atoms. The fourth-order valence-corrected chi connectivity index (χ4v) is 3.50. The Kier molecular flexibility index (Phi) is 6.49. The number of likely N-dealkylation sites (N-methyl/N-ethyl adjacent to an activating group) is 1. The zero-order valence-corrected chi connectivity index (χ0v) is 15.2. The molecule has 1 aliphatic rings. The molecule has 23 heavy (non-hydrogen) atoms. The lowest BCUT2D eigenvalue weighted by Crippen LogP contribution is -2.35. The Bertz CT molecular complexity index is 446. The molecule has 1 aliphatic carbocycles. The van der Waals surface area contributed by atoms with Gasteiger partial charge in [0.25, 0.3) is 0 Å². The van der Waals surface area contributed by atoms with Crippen LogP contribution in [-0.2, 0) is 4.74 Å². The molecule has 2 rings (SSSR count). The van der Waals surface area contributed by atoms with Crippen LogP contribution in [0.1, 0.15) is 46.5 Å². The van der Waals surface area contributed by atoms with Crippen molar-refractivity contribution in [3.8, 4) is 0 Å². The molecule has 130 valence electrons. The first kappa shape index (κ1) is 18.3. The number of hydrogen-bond donors (Lipinski definition) is 1. The summed E-state index contributed by atoms with van der Waals surface area (Å²) < 4.78 is 5.97. The number of rotatable bonds is 6. The summed E-state index contributed by atoms with van der Waals surface area (Å²) in [5, 5.41) is 10.2. The Balaban J connectivity index is 1.68. The van der Waals surface area contributed by atoms with E-state index in [1.54, 1.807) is 0 Å². The molecule has 1 N–H and O–H groups in total. The van der Waals surface area contributed by atoms with Crippen molar-refractivity contribution in [2.45, 2.75) is 58.7 Å². The lowest BCUT2D eigenvalue weighted by molar-refractivity contribution is -0.0344. The zero-order chi connectivity index (χ0) is 16.9. The maximum absolute atomic E-state index is 10.2. The summed E-state index contributed by atoms with van der Waals surface area (Å²) in [5.74, 6) is 0.802. The highest BCUT2D eigenvalue weighted by Gasteiger charge is 2.30. The van der Waals surface area contributed by atoms with Crippen molar-refractivity contribution in [1.82, 2.24) is 0 Å². The molecule has 0 aliphatic heterocycles. The van der Waals surface area contributed by atoms with Crippen molar-refractivity contribution >= 4 is 5.69 Å². The van der Waals surface area contributed by atoms with Crippen LogP contribution in [0, 0.1) is 11.3 Å². The molecule has 0 heterocycles. The Hall–Kier alpha value is -1.06. The van der Waals surface area contributed by atoms with Gasteiger partial charge in [-0.15, -0.1) is 0 Å². The molecule has 1 aromatic rings. The van der Waals surface area contributed by atoms with Gasteiger partial charge in [-0.05, 0) is 49.1 Å². The van der Waals surface area contributed by atoms with Gasteiger partial charge in [0.2, 0.25) is 0 Å². The second-order valence-corrected chi connectivity index (χ2v) is 8.04. The number of anilines is 1. The van der Waals surface area contributed by atoms with E-state index in [0.717, 1.165) is 24.4 Å². The predicted molar refractivity (Wildman–Crippen MR) is 96.9 cm³/mol. The van der Waals surface area contributed by atoms with Crippen LogP contribution < -0.4 is 4.90 Å². The van der Waals surface area contributed by atoms with E-state index in [9.17, 15) is 5.11 Å². The highest BCUT2D eigenvalue weighted by Crippen LogP contribution is 2.38. The van der Waals surface area contributed by atoms with E-state index in [2.05, 4.69) is 37.8 Å². The molecular weight excluding hydrogens is 286 g/mol. The number of aliphatic hydroxyl groups is 1. The van der Waals surface area contributed by atoms with Crippen molar-refractivity contribution in [2.24, 2.45) is 11.3 Å². The predicted octanol–water partition coefficient (Wildman–Crippen LogP) is 4.11. The molecule has 0 unspecified atom stereocenters. The highest BCUT2D eigenvalue weighted by molar-refractivity contribution is 5.45. The standard InChI is InChI=1S/C20H33NO2/c1-20(2,3)16-10-12-19(13-11-16)23-15-18(22)14-21(4)17-8-6-5-7-9-17/h5-9,16,18-19,22H,10-15H2,1-4H3/t16?,18-,19?/m0/s1. The van der Waals surface area contributed by atoms with E-state index in [1.165, 1.54) is 12.8 Å². The normalized spacial score (nSPS) is 23.5. The summed E-state index contributed by atoms with van der Waals surface area (Å²) in [4.78, 5) is 2.07. The Morgan fingerprint density at radius 2 is 1.74 bits per heavy atom. The number of para-hydroxylation sites is 1. The maximum atomic E-state index is 10.2. The van der Waals surface area contributed by atoms with Crippen LogP contribution in [0.25, 0.3) is 0 Å². The second-order valence-electron chi connectivity index (χ2n) is 8.04. The fraction of sp³-hybridized carbons (Fsp3) is 0.700. The van der Waals surface area contributed by atoms with Crippen molar-refractivity contribution in [1.29, 1.82) is 0 Å². The first-order chi connectivity index (χ1) is 10.9. The molecule has 0 saturated heterocycles. The van der Waals surface area contributed by atoms with E-state index in [-0.39, 0.29) is 0 Å². The molecule has 0 spiro atoms. The maximum Gasteiger partial charge on any atom is 0.0948 e. The summed E-state index contributed by atoms with van der Waals surface area (Å²) in [7, 11) is 2.01. The van der Waals surface area contributed by atoms with Gasteiger partial charge in [-0.1, -0.05) is 39.0 Å². The van der Waals surface area contributed by atoms with Crippen molar-refractivity contribution < 1.29 is 9.84 Å². The largest absolute Gasteiger partial charge is 0.389 e. The van der Waals surface area contributed by atoms with Gasteiger partial charge in [0.15, 0.2) is 0 Å². The number of benzene rings is 1. The van der Waals surface area contributed by atoms with E-state index in [0.29, 0.717) is 24.7 Å². The van der Waals surface area contributed by atoms with Gasteiger partial charge in [0.05, 0.1) is 18.8 Å². The summed E-state index contributed by atoms with van der Waals surface area (Å²) in [5.41, 5.74) is 1.53. The monoisotopic (exact) mass is 319 g/mol. The fourth-order valence-electron chi connectivity index (χ4n) is 3.50. The zero-order valence-electron chi connectivity index (χ0n) is 15.2. The van der Waals surface area contributed by atoms with Crippen LogP contribution in [0.15, 0.2) is 30.3 Å². The van der Waals surface area contributed by atoms with Gasteiger partial charge >= 0.3 is 0 Å². The average Bonchev–Trinajstić information content (AvgIpc) is 2.53. The van der Waals surface area contributed by atoms with E-state index in [4.69, 9.17) is 4.74 Å². The van der Waals surface area contributed by atoms with E-state index in [1.807, 2.05) is 25.2 Å². The molecule has 0 amide bonds. The van der Waals surface area contributed by atoms with Gasteiger partial charge in [-0.2, -0.15) is 0 Å². The lowest BCUT2D eigenvalue weighted by Gasteiger charge is -2.37. The van der Waals surface area contributed by atoms with Gasteiger partial charge in [-0.3, -0.25) is 0 Å². The lowest BCUT2D eigenvalue weighted by atomic mass is 9.72. The quantitative estimate of drug-likeness (QED) is 0.856. The van der Waals surface area contributed by atoms with Crippen LogP contribution in [0.4, 0.5) is 5.69 Å². The van der Waals surface area contributed by atoms with Crippen LogP contribution in [0.5, 0.6) is 0 Å². The molecule has 0 aromatic heterocycles. The second kappa shape index (κ2) is 8.16. The van der Waals surface area contributed by atoms with Gasteiger partial charge in [-0.25, -0.2) is 0 Å². The van der Waals surface area contributed by atoms with Crippen LogP contribution in [-0.4, -0.2) is 37.5 Å². The molecule has 1 aromatic carbocycles. The van der Waals surface area contributed by atoms with Gasteiger partial charge in [0.1, 0.15) is 0 Å². The number of hydrogen-bond acceptors (Lipinski definition) is 3. The van der Waals surface area contributed by atoms with Crippen LogP contribution in [0.2, 0.25) is 0 Å². The summed E-state index contributed by atoms with van der Waals surface area (Å²) in [6.45, 7) is 8.04. The minimum absolute atomic E-state index is 0.324. The molecule has 1 saturated carbocycles. The third kappa shape index (κ3) is 5.82. The summed E-state index contributed by atoms with van der Waals surface area (Å²) in [6, 6.07) is 10.2. The third-order valence-electron chi connectivity index (χ3n) is 5.10. The first-order valence-electron chi connectivity index (χ1n) is 8.92. The average molecular weight is 319 g/mol. The third-order valence-corrected chi connectivity index (χ3v) is 5.10. The van der Waals surface area contributed by atoms with Crippen molar-refractivity contribution in [3.63, 3.8) is 0 Å². The Morgan fingerprint density at radius 1 is 1.13 bits per heavy atom. The molecular formula is C20H33NO2. The number of aliphatic hydroxyl groups excluding tert-OH is 1. The van der Waals surface area contributed by atoms with E-state index >= 15 is 0 Å². The SMILES string of the molecule is CN(C[C@H](O)COC1CCC(C(C)(C)C)CC1)c1ccccc1.